The molecule has 6 nitrogen and oxygen atoms in total. The molecule has 0 atom stereocenters. The molecule has 0 radical (unpaired) electrons. The minimum Gasteiger partial charge on any atom is -0.469 e. The SMILES string of the molecule is COC(=O)CC1CCN(C(=O)c2ccc(Cl)c(Cc3nc4c(C)cc(C(F)(F)F)cc4n3C)c2Cl)CC1. The number of likely N-dealkylation sites (tertiary alicyclic amines) is 1. The highest BCUT2D eigenvalue weighted by molar-refractivity contribution is 6.38. The number of benzene rings is 2. The van der Waals surface area contributed by atoms with Gasteiger partial charge in [-0.15, -0.1) is 0 Å². The van der Waals surface area contributed by atoms with Gasteiger partial charge in [0.1, 0.15) is 5.82 Å². The van der Waals surface area contributed by atoms with E-state index in [1.165, 1.54) is 7.11 Å². The molecule has 3 aromatic rings. The van der Waals surface area contributed by atoms with Crippen LogP contribution in [0.3, 0.4) is 0 Å². The monoisotopic (exact) mass is 555 g/mol. The van der Waals surface area contributed by atoms with Crippen LogP contribution in [-0.2, 0) is 29.2 Å². The van der Waals surface area contributed by atoms with Crippen molar-refractivity contribution >= 4 is 46.1 Å². The summed E-state index contributed by atoms with van der Waals surface area (Å²) in [5, 5.41) is 0.520. The molecule has 2 aromatic carbocycles. The topological polar surface area (TPSA) is 64.4 Å². The van der Waals surface area contributed by atoms with Crippen LogP contribution in [0.4, 0.5) is 13.2 Å². The number of fused-ring (bicyclic) bond motifs is 1. The molecule has 11 heteroatoms. The van der Waals surface area contributed by atoms with Gasteiger partial charge in [0.25, 0.3) is 5.91 Å². The average molecular weight is 556 g/mol. The Bertz CT molecular complexity index is 1360. The molecule has 1 aromatic heterocycles. The molecule has 37 heavy (non-hydrogen) atoms. The van der Waals surface area contributed by atoms with Crippen LogP contribution in [0, 0.1) is 12.8 Å². The highest BCUT2D eigenvalue weighted by atomic mass is 35.5. The number of halogens is 5. The number of aryl methyl sites for hydroxylation is 2. The second-order valence-electron chi connectivity index (χ2n) is 9.33. The summed E-state index contributed by atoms with van der Waals surface area (Å²) in [4.78, 5) is 31.1. The minimum atomic E-state index is -4.47. The van der Waals surface area contributed by atoms with Crippen molar-refractivity contribution in [2.45, 2.75) is 38.8 Å². The number of carbonyl (C=O) groups excluding carboxylic acids is 2. The zero-order valence-electron chi connectivity index (χ0n) is 20.6. The normalized spacial score (nSPS) is 14.9. The Balaban J connectivity index is 1.59. The number of rotatable bonds is 5. The predicted molar refractivity (Wildman–Crippen MR) is 135 cm³/mol. The van der Waals surface area contributed by atoms with Gasteiger partial charge < -0.3 is 14.2 Å². The van der Waals surface area contributed by atoms with Crippen molar-refractivity contribution in [3.63, 3.8) is 0 Å². The molecule has 1 fully saturated rings. The van der Waals surface area contributed by atoms with E-state index in [4.69, 9.17) is 27.9 Å². The van der Waals surface area contributed by atoms with Gasteiger partial charge in [0.2, 0.25) is 0 Å². The summed E-state index contributed by atoms with van der Waals surface area (Å²) in [7, 11) is 3.00. The van der Waals surface area contributed by atoms with Crippen molar-refractivity contribution < 1.29 is 27.5 Å². The lowest BCUT2D eigenvalue weighted by atomic mass is 9.93. The van der Waals surface area contributed by atoms with Gasteiger partial charge in [-0.05, 0) is 61.1 Å². The maximum atomic E-state index is 13.3. The third-order valence-corrected chi connectivity index (χ3v) is 7.72. The Morgan fingerprint density at radius 3 is 2.46 bits per heavy atom. The molecule has 0 aliphatic carbocycles. The third-order valence-electron chi connectivity index (χ3n) is 6.93. The van der Waals surface area contributed by atoms with Gasteiger partial charge in [-0.25, -0.2) is 4.98 Å². The van der Waals surface area contributed by atoms with Crippen LogP contribution in [0.15, 0.2) is 24.3 Å². The summed E-state index contributed by atoms with van der Waals surface area (Å²) in [5.74, 6) is 0.123. The summed E-state index contributed by atoms with van der Waals surface area (Å²) in [6.45, 7) is 2.56. The summed E-state index contributed by atoms with van der Waals surface area (Å²) >= 11 is 13.1. The number of aromatic nitrogens is 2. The lowest BCUT2D eigenvalue weighted by Crippen LogP contribution is -2.39. The highest BCUT2D eigenvalue weighted by Gasteiger charge is 2.32. The van der Waals surface area contributed by atoms with Gasteiger partial charge in [-0.3, -0.25) is 9.59 Å². The molecule has 1 saturated heterocycles. The van der Waals surface area contributed by atoms with Crippen LogP contribution in [0.2, 0.25) is 10.0 Å². The van der Waals surface area contributed by atoms with Crippen molar-refractivity contribution in [1.82, 2.24) is 14.5 Å². The predicted octanol–water partition coefficient (Wildman–Crippen LogP) is 6.21. The first kappa shape index (κ1) is 27.3. The Labute approximate surface area is 222 Å². The molecule has 1 amide bonds. The molecule has 0 saturated carbocycles. The molecule has 1 aliphatic heterocycles. The molecule has 1 aliphatic rings. The second-order valence-corrected chi connectivity index (χ2v) is 10.1. The van der Waals surface area contributed by atoms with E-state index < -0.39 is 11.7 Å². The molecular weight excluding hydrogens is 530 g/mol. The van der Waals surface area contributed by atoms with Gasteiger partial charge in [0.15, 0.2) is 0 Å². The average Bonchev–Trinajstić information content (AvgIpc) is 3.17. The molecular formula is C26H26Cl2F3N3O3. The van der Waals surface area contributed by atoms with E-state index >= 15 is 0 Å². The summed E-state index contributed by atoms with van der Waals surface area (Å²) in [5.41, 5.74) is 1.23. The maximum Gasteiger partial charge on any atom is 0.416 e. The molecule has 0 spiro atoms. The fourth-order valence-corrected chi connectivity index (χ4v) is 5.32. The lowest BCUT2D eigenvalue weighted by molar-refractivity contribution is -0.142. The number of esters is 1. The Hall–Kier alpha value is -2.78. The Kier molecular flexibility index (Phi) is 7.76. The number of imidazole rings is 1. The van der Waals surface area contributed by atoms with Crippen molar-refractivity contribution in [1.29, 1.82) is 0 Å². The second kappa shape index (κ2) is 10.5. The Morgan fingerprint density at radius 1 is 1.16 bits per heavy atom. The number of carbonyl (C=O) groups is 2. The van der Waals surface area contributed by atoms with E-state index in [1.54, 1.807) is 35.6 Å². The van der Waals surface area contributed by atoms with Crippen LogP contribution in [0.25, 0.3) is 11.0 Å². The first-order valence-corrected chi connectivity index (χ1v) is 12.5. The van der Waals surface area contributed by atoms with Crippen molar-refractivity contribution in [2.24, 2.45) is 13.0 Å². The molecule has 2 heterocycles. The largest absolute Gasteiger partial charge is 0.469 e. The van der Waals surface area contributed by atoms with Crippen LogP contribution in [0.1, 0.15) is 52.1 Å². The van der Waals surface area contributed by atoms with E-state index in [-0.39, 0.29) is 29.2 Å². The van der Waals surface area contributed by atoms with Gasteiger partial charge in [-0.2, -0.15) is 13.2 Å². The lowest BCUT2D eigenvalue weighted by Gasteiger charge is -2.32. The number of nitrogens with zero attached hydrogens (tertiary/aromatic N) is 3. The summed E-state index contributed by atoms with van der Waals surface area (Å²) < 4.78 is 46.3. The zero-order valence-corrected chi connectivity index (χ0v) is 22.1. The van der Waals surface area contributed by atoms with Gasteiger partial charge in [0.05, 0.1) is 34.3 Å². The number of hydrogen-bond donors (Lipinski definition) is 0. The van der Waals surface area contributed by atoms with Crippen LogP contribution >= 0.6 is 23.2 Å². The number of alkyl halides is 3. The summed E-state index contributed by atoms with van der Waals surface area (Å²) in [6.07, 6.45) is -2.66. The highest BCUT2D eigenvalue weighted by Crippen LogP contribution is 2.35. The van der Waals surface area contributed by atoms with Crippen LogP contribution < -0.4 is 0 Å². The molecule has 4 rings (SSSR count). The van der Waals surface area contributed by atoms with Gasteiger partial charge >= 0.3 is 12.1 Å². The van der Waals surface area contributed by atoms with Crippen molar-refractivity contribution in [3.05, 3.63) is 62.4 Å². The van der Waals surface area contributed by atoms with Crippen molar-refractivity contribution in [3.8, 4) is 0 Å². The third kappa shape index (κ3) is 5.57. The van der Waals surface area contributed by atoms with E-state index in [2.05, 4.69) is 4.98 Å². The zero-order chi connectivity index (χ0) is 27.1. The fraction of sp³-hybridized carbons (Fsp3) is 0.423. The van der Waals surface area contributed by atoms with E-state index in [0.29, 0.717) is 70.9 Å². The van der Waals surface area contributed by atoms with Crippen molar-refractivity contribution in [2.75, 3.05) is 20.2 Å². The standard InChI is InChI=1S/C26H26Cl2F3N3O3/c1-14-10-16(26(29,30)31)12-20-24(14)32-21(33(20)2)13-18-19(27)5-4-17(23(18)28)25(36)34-8-6-15(7-9-34)11-22(35)37-3/h4-5,10,12,15H,6-9,11,13H2,1-3H3. The molecule has 0 N–H and O–H groups in total. The summed E-state index contributed by atoms with van der Waals surface area (Å²) in [6, 6.07) is 5.32. The van der Waals surface area contributed by atoms with Gasteiger partial charge in [0, 0.05) is 38.0 Å². The molecule has 0 unspecified atom stereocenters. The minimum absolute atomic E-state index is 0.131. The smallest absolute Gasteiger partial charge is 0.416 e. The Morgan fingerprint density at radius 2 is 1.84 bits per heavy atom. The molecule has 0 bridgehead atoms. The number of hydrogen-bond acceptors (Lipinski definition) is 4. The first-order chi connectivity index (χ1) is 17.4. The fourth-order valence-electron chi connectivity index (χ4n) is 4.74. The molecule has 198 valence electrons. The number of methoxy groups -OCH3 is 1. The number of piperidine rings is 1. The maximum absolute atomic E-state index is 13.3. The van der Waals surface area contributed by atoms with E-state index in [1.807, 2.05) is 0 Å². The van der Waals surface area contributed by atoms with E-state index in [0.717, 1.165) is 12.1 Å². The van der Waals surface area contributed by atoms with Crippen LogP contribution in [-0.4, -0.2) is 46.5 Å². The number of ether oxygens (including phenoxy) is 1. The quantitative estimate of drug-likeness (QED) is 0.351. The number of amides is 1. The van der Waals surface area contributed by atoms with E-state index in [9.17, 15) is 22.8 Å². The van der Waals surface area contributed by atoms with Gasteiger partial charge in [-0.1, -0.05) is 23.2 Å². The van der Waals surface area contributed by atoms with Crippen LogP contribution in [0.5, 0.6) is 0 Å². The first-order valence-electron chi connectivity index (χ1n) is 11.8.